The molecule has 0 aliphatic heterocycles. The van der Waals surface area contributed by atoms with Crippen LogP contribution in [0.2, 0.25) is 0 Å². The molecule has 5 nitrogen and oxygen atoms in total. The van der Waals surface area contributed by atoms with Crippen LogP contribution in [-0.4, -0.2) is 39.8 Å². The van der Waals surface area contributed by atoms with Gasteiger partial charge in [0, 0.05) is 7.11 Å². The molecule has 2 N–H and O–H groups in total. The smallest absolute Gasteiger partial charge is 0.155 e. The van der Waals surface area contributed by atoms with E-state index in [4.69, 9.17) is 19.2 Å². The van der Waals surface area contributed by atoms with Gasteiger partial charge in [-0.3, -0.25) is 0 Å². The van der Waals surface area contributed by atoms with Crippen LogP contribution in [0.4, 0.5) is 0 Å². The Bertz CT molecular complexity index is 745. The van der Waals surface area contributed by atoms with Gasteiger partial charge in [-0.05, 0) is 61.3 Å². The number of benzene rings is 2. The highest BCUT2D eigenvalue weighted by Crippen LogP contribution is 2.22. The Hall–Kier alpha value is -2.15. The highest BCUT2D eigenvalue weighted by Gasteiger charge is 2.07. The van der Waals surface area contributed by atoms with Crippen molar-refractivity contribution in [3.05, 3.63) is 59.7 Å². The summed E-state index contributed by atoms with van der Waals surface area (Å²) in [5.41, 5.74) is 5.25. The number of rotatable bonds is 14. The maximum absolute atomic E-state index is 11.0. The minimum Gasteiger partial charge on any atom is -0.400 e. The van der Waals surface area contributed by atoms with Crippen molar-refractivity contribution >= 4 is 24.7 Å². The summed E-state index contributed by atoms with van der Waals surface area (Å²) in [6.07, 6.45) is 13.4. The van der Waals surface area contributed by atoms with Crippen molar-refractivity contribution in [2.24, 2.45) is 0 Å². The van der Waals surface area contributed by atoms with Crippen molar-refractivity contribution in [2.45, 2.75) is 89.7 Å². The molecule has 0 bridgehead atoms. The Kier molecular flexibility index (Phi) is 25.0. The Morgan fingerprint density at radius 3 is 1.46 bits per heavy atom. The largest absolute Gasteiger partial charge is 0.400 e. The van der Waals surface area contributed by atoms with Crippen LogP contribution in [0.1, 0.15) is 82.8 Å². The highest BCUT2D eigenvalue weighted by atomic mass is 32.2. The lowest BCUT2D eigenvalue weighted by atomic mass is 9.99. The van der Waals surface area contributed by atoms with E-state index in [2.05, 4.69) is 55.5 Å². The fourth-order valence-corrected chi connectivity index (χ4v) is 4.08. The van der Waals surface area contributed by atoms with Crippen LogP contribution in [0.3, 0.4) is 0 Å². The predicted molar refractivity (Wildman–Crippen MR) is 149 cm³/mol. The van der Waals surface area contributed by atoms with Gasteiger partial charge in [-0.25, -0.2) is 4.21 Å². The Balaban J connectivity index is 0. The summed E-state index contributed by atoms with van der Waals surface area (Å²) < 4.78 is 20.1. The van der Waals surface area contributed by atoms with E-state index in [9.17, 15) is 4.21 Å². The molecule has 0 spiro atoms. The maximum atomic E-state index is 11.0. The molecule has 2 atom stereocenters. The van der Waals surface area contributed by atoms with Crippen LogP contribution in [0.5, 0.6) is 0 Å². The van der Waals surface area contributed by atoms with Crippen molar-refractivity contribution < 1.29 is 23.5 Å². The second-order valence-electron chi connectivity index (χ2n) is 8.24. The third-order valence-corrected chi connectivity index (χ3v) is 6.65. The van der Waals surface area contributed by atoms with Crippen molar-refractivity contribution in [2.75, 3.05) is 7.11 Å². The summed E-state index contributed by atoms with van der Waals surface area (Å²) in [5, 5.41) is 6.86. The first-order valence-electron chi connectivity index (χ1n) is 12.4. The van der Waals surface area contributed by atoms with Crippen LogP contribution in [0, 0.1) is 0 Å². The van der Waals surface area contributed by atoms with Gasteiger partial charge in [0.05, 0.1) is 5.25 Å². The number of carbonyl (C=O) groups is 2. The Labute approximate surface area is 215 Å². The Morgan fingerprint density at radius 1 is 0.686 bits per heavy atom. The van der Waals surface area contributed by atoms with Gasteiger partial charge >= 0.3 is 0 Å². The lowest BCUT2D eigenvalue weighted by Gasteiger charge is -2.08. The molecule has 0 aliphatic carbocycles. The van der Waals surface area contributed by atoms with E-state index in [0.29, 0.717) is 0 Å². The molecule has 198 valence electrons. The number of aliphatic hydroxyl groups is 1. The van der Waals surface area contributed by atoms with Crippen LogP contribution in [-0.2, 0) is 33.5 Å². The van der Waals surface area contributed by atoms with Crippen molar-refractivity contribution in [3.8, 4) is 11.1 Å². The van der Waals surface area contributed by atoms with Gasteiger partial charge in [0.15, 0.2) is 11.1 Å². The molecular formula is C29H46O5S. The lowest BCUT2D eigenvalue weighted by molar-refractivity contribution is -0.0987. The first-order chi connectivity index (χ1) is 17.1. The van der Waals surface area contributed by atoms with E-state index < -0.39 is 11.1 Å². The first kappa shape index (κ1) is 35.0. The number of aliphatic hydroxyl groups excluding tert-OH is 1. The average molecular weight is 507 g/mol. The fraction of sp³-hybridized carbons (Fsp3) is 0.517. The molecule has 2 aromatic carbocycles. The zero-order chi connectivity index (χ0) is 26.9. The monoisotopic (exact) mass is 506 g/mol. The summed E-state index contributed by atoms with van der Waals surface area (Å²) in [5.74, 6) is 0. The van der Waals surface area contributed by atoms with Crippen LogP contribution in [0.25, 0.3) is 11.1 Å². The summed E-state index contributed by atoms with van der Waals surface area (Å²) in [6, 6.07) is 17.8. The van der Waals surface area contributed by atoms with E-state index in [1.54, 1.807) is 0 Å². The zero-order valence-corrected chi connectivity index (χ0v) is 22.7. The molecule has 2 rings (SSSR count). The third kappa shape index (κ3) is 17.0. The molecule has 0 saturated heterocycles. The molecule has 0 aliphatic rings. The van der Waals surface area contributed by atoms with Crippen molar-refractivity contribution in [1.82, 2.24) is 0 Å². The molecule has 35 heavy (non-hydrogen) atoms. The van der Waals surface area contributed by atoms with E-state index in [-0.39, 0.29) is 5.25 Å². The van der Waals surface area contributed by atoms with Crippen LogP contribution < -0.4 is 0 Å². The molecule has 0 aromatic heterocycles. The summed E-state index contributed by atoms with van der Waals surface area (Å²) in [6.45, 7) is 8.10. The highest BCUT2D eigenvalue weighted by molar-refractivity contribution is 7.79. The van der Waals surface area contributed by atoms with E-state index >= 15 is 0 Å². The lowest BCUT2D eigenvalue weighted by Crippen LogP contribution is -2.09. The minimum atomic E-state index is -1.70. The topological polar surface area (TPSA) is 91.7 Å². The number of hydrogen-bond donors (Lipinski definition) is 2. The van der Waals surface area contributed by atoms with E-state index in [0.717, 1.165) is 26.4 Å². The minimum absolute atomic E-state index is 0.145. The third-order valence-electron chi connectivity index (χ3n) is 5.73. The predicted octanol–water partition coefficient (Wildman–Crippen LogP) is 6.82. The second-order valence-corrected chi connectivity index (χ2v) is 9.60. The molecule has 2 aromatic rings. The van der Waals surface area contributed by atoms with Crippen LogP contribution >= 0.6 is 0 Å². The van der Waals surface area contributed by atoms with E-state index in [1.807, 2.05) is 20.5 Å². The number of hydrogen-bond acceptors (Lipinski definition) is 4. The molecule has 0 saturated carbocycles. The quantitative estimate of drug-likeness (QED) is 0.217. The fourth-order valence-electron chi connectivity index (χ4n) is 3.71. The first-order valence-corrected chi connectivity index (χ1v) is 13.6. The summed E-state index contributed by atoms with van der Waals surface area (Å²) in [4.78, 5) is 16.0. The molecule has 0 radical (unpaired) electrons. The molecular weight excluding hydrogens is 460 g/mol. The van der Waals surface area contributed by atoms with Gasteiger partial charge in [0.25, 0.3) is 0 Å². The molecule has 2 unspecified atom stereocenters. The van der Waals surface area contributed by atoms with Crippen LogP contribution in [0.15, 0.2) is 48.5 Å². The van der Waals surface area contributed by atoms with Gasteiger partial charge in [-0.1, -0.05) is 94.0 Å². The van der Waals surface area contributed by atoms with Gasteiger partial charge < -0.3 is 19.2 Å². The molecule has 0 amide bonds. The number of carbonyl (C=O) groups excluding carboxylic acids is 2. The normalized spacial score (nSPS) is 11.5. The second kappa shape index (κ2) is 25.0. The SMILES string of the molecule is C=O.C=O.CCCCCCCCCc1ccc(-c2ccc(CCCC(C)S(=O)O)cc2)cc1.CO. The van der Waals surface area contributed by atoms with Gasteiger partial charge in [-0.2, -0.15) is 0 Å². The van der Waals surface area contributed by atoms with Gasteiger partial charge in [-0.15, -0.1) is 0 Å². The Morgan fingerprint density at radius 2 is 1.06 bits per heavy atom. The zero-order valence-electron chi connectivity index (χ0n) is 21.9. The molecule has 0 fully saturated rings. The summed E-state index contributed by atoms with van der Waals surface area (Å²) >= 11 is -1.70. The summed E-state index contributed by atoms with van der Waals surface area (Å²) in [7, 11) is 1.00. The number of unbranched alkanes of at least 4 members (excludes halogenated alkanes) is 6. The van der Waals surface area contributed by atoms with Gasteiger partial charge in [0.2, 0.25) is 0 Å². The van der Waals surface area contributed by atoms with Crippen molar-refractivity contribution in [3.63, 3.8) is 0 Å². The standard InChI is InChI=1S/C26H38O2S.CH4O.2CH2O/c1-3-4-5-6-7-8-9-12-23-14-18-25(19-15-23)26-20-16-24(17-21-26)13-10-11-22(2)29(27)28;3*1-2/h14-22H,3-13H2,1-2H3,(H,27,28);2H,1H3;2*1H2. The molecule has 6 heteroatoms. The van der Waals surface area contributed by atoms with Crippen molar-refractivity contribution in [1.29, 1.82) is 0 Å². The molecule has 0 heterocycles. The maximum Gasteiger partial charge on any atom is 0.155 e. The average Bonchev–Trinajstić information content (AvgIpc) is 2.92. The van der Waals surface area contributed by atoms with Gasteiger partial charge in [0.1, 0.15) is 13.6 Å². The number of aryl methyl sites for hydroxylation is 2. The van der Waals surface area contributed by atoms with E-state index in [1.165, 1.54) is 73.6 Å².